The third kappa shape index (κ3) is 16.5. The highest BCUT2D eigenvalue weighted by Crippen LogP contribution is 2.24. The molecule has 0 aliphatic rings. The van der Waals surface area contributed by atoms with Gasteiger partial charge in [-0.05, 0) is 72.7 Å². The Morgan fingerprint density at radius 1 is 0.521 bits per heavy atom. The molecule has 3 nitrogen and oxygen atoms in total. The highest BCUT2D eigenvalue weighted by Gasteiger charge is 2.11. The lowest BCUT2D eigenvalue weighted by Crippen LogP contribution is -2.08. The standard InChI is InChI=1S/C45H66O3/c1-4-6-8-10-12-13-14-15-16-17-18-20-22-24-39-25-27-41(28-26-39)42-29-31-43(32-30-42)45(46)48-44-35-33-40(34-36-44)38(3)47-37-23-21-19-11-9-7-5-2/h25-36,38H,4-24,37H2,1-3H3. The predicted molar refractivity (Wildman–Crippen MR) is 205 cm³/mol. The van der Waals surface area contributed by atoms with E-state index in [4.69, 9.17) is 9.47 Å². The van der Waals surface area contributed by atoms with E-state index >= 15 is 0 Å². The third-order valence-corrected chi connectivity index (χ3v) is 9.65. The average molecular weight is 655 g/mol. The second kappa shape index (κ2) is 25.1. The van der Waals surface area contributed by atoms with Crippen LogP contribution >= 0.6 is 0 Å². The van der Waals surface area contributed by atoms with E-state index < -0.39 is 0 Å². The second-order valence-corrected chi connectivity index (χ2v) is 13.9. The van der Waals surface area contributed by atoms with Crippen molar-refractivity contribution in [2.24, 2.45) is 0 Å². The molecular formula is C45H66O3. The van der Waals surface area contributed by atoms with Gasteiger partial charge in [-0.15, -0.1) is 0 Å². The lowest BCUT2D eigenvalue weighted by molar-refractivity contribution is 0.0627. The zero-order chi connectivity index (χ0) is 34.1. The number of rotatable bonds is 27. The van der Waals surface area contributed by atoms with Crippen LogP contribution in [0.5, 0.6) is 5.75 Å². The van der Waals surface area contributed by atoms with E-state index in [1.165, 1.54) is 133 Å². The van der Waals surface area contributed by atoms with Crippen LogP contribution in [0.15, 0.2) is 72.8 Å². The van der Waals surface area contributed by atoms with Crippen LogP contribution < -0.4 is 4.74 Å². The lowest BCUT2D eigenvalue weighted by atomic mass is 10.00. The van der Waals surface area contributed by atoms with Gasteiger partial charge < -0.3 is 9.47 Å². The van der Waals surface area contributed by atoms with E-state index in [0.717, 1.165) is 30.6 Å². The SMILES string of the molecule is CCCCCCCCCCCCCCCc1ccc(-c2ccc(C(=O)Oc3ccc(C(C)OCCCCCCCCC)cc3)cc2)cc1. The first-order valence-electron chi connectivity index (χ1n) is 19.7. The maximum atomic E-state index is 12.8. The molecule has 0 radical (unpaired) electrons. The smallest absolute Gasteiger partial charge is 0.343 e. The average Bonchev–Trinajstić information content (AvgIpc) is 3.12. The molecule has 3 heteroatoms. The largest absolute Gasteiger partial charge is 0.423 e. The Labute approximate surface area is 294 Å². The first-order chi connectivity index (χ1) is 23.6. The fourth-order valence-corrected chi connectivity index (χ4v) is 6.40. The van der Waals surface area contributed by atoms with Crippen LogP contribution in [-0.4, -0.2) is 12.6 Å². The van der Waals surface area contributed by atoms with Gasteiger partial charge in [-0.1, -0.05) is 178 Å². The maximum Gasteiger partial charge on any atom is 0.343 e. The number of hydrogen-bond acceptors (Lipinski definition) is 3. The van der Waals surface area contributed by atoms with Crippen LogP contribution in [0.1, 0.15) is 177 Å². The number of aryl methyl sites for hydroxylation is 1. The minimum atomic E-state index is -0.342. The van der Waals surface area contributed by atoms with E-state index in [0.29, 0.717) is 11.3 Å². The van der Waals surface area contributed by atoms with Crippen molar-refractivity contribution >= 4 is 5.97 Å². The van der Waals surface area contributed by atoms with Gasteiger partial charge in [0.05, 0.1) is 11.7 Å². The van der Waals surface area contributed by atoms with Gasteiger partial charge in [-0.25, -0.2) is 4.79 Å². The van der Waals surface area contributed by atoms with Crippen molar-refractivity contribution in [3.8, 4) is 16.9 Å². The Bertz CT molecular complexity index is 1210. The zero-order valence-corrected chi connectivity index (χ0v) is 30.8. The van der Waals surface area contributed by atoms with Gasteiger partial charge in [0.2, 0.25) is 0 Å². The van der Waals surface area contributed by atoms with E-state index in [1.54, 1.807) is 0 Å². The summed E-state index contributed by atoms with van der Waals surface area (Å²) in [5.41, 5.74) is 5.32. The Kier molecular flexibility index (Phi) is 20.7. The molecule has 1 unspecified atom stereocenters. The lowest BCUT2D eigenvalue weighted by Gasteiger charge is -2.14. The number of esters is 1. The van der Waals surface area contributed by atoms with E-state index in [2.05, 4.69) is 45.0 Å². The van der Waals surface area contributed by atoms with Crippen molar-refractivity contribution in [1.29, 1.82) is 0 Å². The van der Waals surface area contributed by atoms with Crippen molar-refractivity contribution in [3.63, 3.8) is 0 Å². The predicted octanol–water partition coefficient (Wildman–Crippen LogP) is 14.0. The van der Waals surface area contributed by atoms with Crippen molar-refractivity contribution in [2.45, 2.75) is 162 Å². The summed E-state index contributed by atoms with van der Waals surface area (Å²) in [6.07, 6.45) is 28.2. The molecule has 0 amide bonds. The van der Waals surface area contributed by atoms with Gasteiger partial charge in [0.15, 0.2) is 0 Å². The second-order valence-electron chi connectivity index (χ2n) is 13.9. The molecule has 3 rings (SSSR count). The fraction of sp³-hybridized carbons (Fsp3) is 0.578. The topological polar surface area (TPSA) is 35.5 Å². The molecule has 0 saturated heterocycles. The molecule has 3 aromatic carbocycles. The highest BCUT2D eigenvalue weighted by molar-refractivity contribution is 5.91. The first-order valence-corrected chi connectivity index (χ1v) is 19.7. The van der Waals surface area contributed by atoms with Crippen LogP contribution in [0.25, 0.3) is 11.1 Å². The summed E-state index contributed by atoms with van der Waals surface area (Å²) in [5, 5.41) is 0. The molecule has 48 heavy (non-hydrogen) atoms. The number of carbonyl (C=O) groups excluding carboxylic acids is 1. The quantitative estimate of drug-likeness (QED) is 0.0466. The normalized spacial score (nSPS) is 11.9. The molecule has 1 atom stereocenters. The van der Waals surface area contributed by atoms with Crippen molar-refractivity contribution in [3.05, 3.63) is 89.5 Å². The molecule has 0 N–H and O–H groups in total. The number of carbonyl (C=O) groups is 1. The molecular weight excluding hydrogens is 588 g/mol. The van der Waals surface area contributed by atoms with Crippen LogP contribution in [0.3, 0.4) is 0 Å². The fourth-order valence-electron chi connectivity index (χ4n) is 6.40. The van der Waals surface area contributed by atoms with Gasteiger partial charge in [0.25, 0.3) is 0 Å². The van der Waals surface area contributed by atoms with Gasteiger partial charge in [-0.3, -0.25) is 0 Å². The Hall–Kier alpha value is -2.91. The van der Waals surface area contributed by atoms with Gasteiger partial charge in [0.1, 0.15) is 5.75 Å². The molecule has 0 aliphatic heterocycles. The van der Waals surface area contributed by atoms with Crippen molar-refractivity contribution in [1.82, 2.24) is 0 Å². The van der Waals surface area contributed by atoms with Crippen molar-refractivity contribution in [2.75, 3.05) is 6.61 Å². The maximum absolute atomic E-state index is 12.8. The summed E-state index contributed by atoms with van der Waals surface area (Å²) < 4.78 is 11.7. The molecule has 0 saturated carbocycles. The number of ether oxygens (including phenoxy) is 2. The first kappa shape index (κ1) is 39.5. The molecule has 0 aromatic heterocycles. The molecule has 0 aliphatic carbocycles. The number of benzene rings is 3. The Morgan fingerprint density at radius 3 is 1.46 bits per heavy atom. The minimum Gasteiger partial charge on any atom is -0.423 e. The summed E-state index contributed by atoms with van der Waals surface area (Å²) in [6, 6.07) is 24.3. The summed E-state index contributed by atoms with van der Waals surface area (Å²) in [4.78, 5) is 12.8. The van der Waals surface area contributed by atoms with Crippen LogP contribution in [0.2, 0.25) is 0 Å². The number of unbranched alkanes of at least 4 members (excludes halogenated alkanes) is 18. The van der Waals surface area contributed by atoms with Gasteiger partial charge >= 0.3 is 5.97 Å². The van der Waals surface area contributed by atoms with Crippen LogP contribution in [0, 0.1) is 0 Å². The van der Waals surface area contributed by atoms with Gasteiger partial charge in [0, 0.05) is 6.61 Å². The molecule has 0 bridgehead atoms. The molecule has 0 fully saturated rings. The summed E-state index contributed by atoms with van der Waals surface area (Å²) in [7, 11) is 0. The highest BCUT2D eigenvalue weighted by atomic mass is 16.5. The number of hydrogen-bond donors (Lipinski definition) is 0. The van der Waals surface area contributed by atoms with E-state index in [9.17, 15) is 4.79 Å². The van der Waals surface area contributed by atoms with Crippen LogP contribution in [-0.2, 0) is 11.2 Å². The summed E-state index contributed by atoms with van der Waals surface area (Å²) in [6.45, 7) is 7.41. The van der Waals surface area contributed by atoms with Gasteiger partial charge in [-0.2, -0.15) is 0 Å². The van der Waals surface area contributed by atoms with Crippen molar-refractivity contribution < 1.29 is 14.3 Å². The third-order valence-electron chi connectivity index (χ3n) is 9.65. The summed E-state index contributed by atoms with van der Waals surface area (Å²) >= 11 is 0. The molecule has 0 heterocycles. The zero-order valence-electron chi connectivity index (χ0n) is 30.8. The van der Waals surface area contributed by atoms with E-state index in [-0.39, 0.29) is 12.1 Å². The Morgan fingerprint density at radius 2 is 0.958 bits per heavy atom. The van der Waals surface area contributed by atoms with Crippen LogP contribution in [0.4, 0.5) is 0 Å². The van der Waals surface area contributed by atoms with E-state index in [1.807, 2.05) is 48.5 Å². The minimum absolute atomic E-state index is 0.0238. The summed E-state index contributed by atoms with van der Waals surface area (Å²) in [5.74, 6) is 0.205. The molecule has 0 spiro atoms. The Balaban J connectivity index is 1.29. The molecule has 3 aromatic rings. The monoisotopic (exact) mass is 655 g/mol. The molecule has 264 valence electrons.